The van der Waals surface area contributed by atoms with Crippen molar-refractivity contribution >= 4 is 5.69 Å². The first-order chi connectivity index (χ1) is 8.35. The fourth-order valence-corrected chi connectivity index (χ4v) is 2.31. The molecule has 1 unspecified atom stereocenters. The maximum Gasteiger partial charge on any atom is 0.0671 e. The summed E-state index contributed by atoms with van der Waals surface area (Å²) >= 11 is 0. The van der Waals surface area contributed by atoms with Gasteiger partial charge in [-0.1, -0.05) is 19.1 Å². The van der Waals surface area contributed by atoms with Gasteiger partial charge in [0.2, 0.25) is 0 Å². The second kappa shape index (κ2) is 6.03. The number of morpholine rings is 1. The van der Waals surface area contributed by atoms with Crippen LogP contribution in [0.2, 0.25) is 0 Å². The van der Waals surface area contributed by atoms with Crippen molar-refractivity contribution < 1.29 is 9.84 Å². The molecule has 1 aliphatic heterocycles. The Kier molecular flexibility index (Phi) is 4.40. The highest BCUT2D eigenvalue weighted by atomic mass is 16.5. The molecule has 3 heteroatoms. The number of ether oxygens (including phenoxy) is 1. The zero-order valence-corrected chi connectivity index (χ0v) is 10.4. The summed E-state index contributed by atoms with van der Waals surface area (Å²) in [5.74, 6) is 0. The molecule has 1 heterocycles. The number of hydrogen-bond donors (Lipinski definition) is 1. The maximum absolute atomic E-state index is 9.08. The van der Waals surface area contributed by atoms with Crippen molar-refractivity contribution in [2.75, 3.05) is 31.3 Å². The van der Waals surface area contributed by atoms with Gasteiger partial charge in [0.1, 0.15) is 0 Å². The van der Waals surface area contributed by atoms with Gasteiger partial charge in [-0.3, -0.25) is 0 Å². The topological polar surface area (TPSA) is 32.7 Å². The molecule has 1 N–H and O–H groups in total. The smallest absolute Gasteiger partial charge is 0.0671 e. The first-order valence-corrected chi connectivity index (χ1v) is 6.39. The highest BCUT2D eigenvalue weighted by molar-refractivity contribution is 5.49. The Balaban J connectivity index is 2.11. The minimum absolute atomic E-state index is 0.220. The molecule has 1 atom stereocenters. The molecule has 0 radical (unpaired) electrons. The van der Waals surface area contributed by atoms with Crippen LogP contribution in [0.15, 0.2) is 24.3 Å². The van der Waals surface area contributed by atoms with Crippen LogP contribution in [0.3, 0.4) is 0 Å². The SMILES string of the molecule is CCc1ccc(N2CCOCC2CCO)cc1. The summed E-state index contributed by atoms with van der Waals surface area (Å²) in [5.41, 5.74) is 2.60. The van der Waals surface area contributed by atoms with Gasteiger partial charge in [-0.15, -0.1) is 0 Å². The monoisotopic (exact) mass is 235 g/mol. The predicted molar refractivity (Wildman–Crippen MR) is 69.5 cm³/mol. The van der Waals surface area contributed by atoms with Gasteiger partial charge in [-0.05, 0) is 30.5 Å². The van der Waals surface area contributed by atoms with Crippen molar-refractivity contribution in [2.45, 2.75) is 25.8 Å². The number of benzene rings is 1. The van der Waals surface area contributed by atoms with Crippen LogP contribution in [0.1, 0.15) is 18.9 Å². The van der Waals surface area contributed by atoms with E-state index in [1.165, 1.54) is 11.3 Å². The third kappa shape index (κ3) is 2.99. The molecule has 2 rings (SSSR count). The lowest BCUT2D eigenvalue weighted by atomic mass is 10.1. The standard InChI is InChI=1S/C14H21NO2/c1-2-12-3-5-13(6-4-12)15-8-10-17-11-14(15)7-9-16/h3-6,14,16H,2,7-11H2,1H3. The first-order valence-electron chi connectivity index (χ1n) is 6.39. The van der Waals surface area contributed by atoms with Gasteiger partial charge in [-0.25, -0.2) is 0 Å². The predicted octanol–water partition coefficient (Wildman–Crippen LogP) is 1.84. The average molecular weight is 235 g/mol. The van der Waals surface area contributed by atoms with Crippen molar-refractivity contribution in [1.29, 1.82) is 0 Å². The van der Waals surface area contributed by atoms with Gasteiger partial charge < -0.3 is 14.7 Å². The molecule has 0 aliphatic carbocycles. The zero-order valence-electron chi connectivity index (χ0n) is 10.4. The Morgan fingerprint density at radius 3 is 2.76 bits per heavy atom. The van der Waals surface area contributed by atoms with Crippen LogP contribution < -0.4 is 4.90 Å². The molecule has 1 aromatic carbocycles. The van der Waals surface area contributed by atoms with Gasteiger partial charge in [0.15, 0.2) is 0 Å². The highest BCUT2D eigenvalue weighted by Crippen LogP contribution is 2.21. The zero-order chi connectivity index (χ0) is 12.1. The van der Waals surface area contributed by atoms with Crippen LogP contribution in [0.4, 0.5) is 5.69 Å². The lowest BCUT2D eigenvalue weighted by molar-refractivity contribution is 0.0850. The lowest BCUT2D eigenvalue weighted by Gasteiger charge is -2.37. The minimum atomic E-state index is 0.220. The average Bonchev–Trinajstić information content (AvgIpc) is 2.40. The molecule has 0 amide bonds. The summed E-state index contributed by atoms with van der Waals surface area (Å²) in [6.07, 6.45) is 1.85. The normalized spacial score (nSPS) is 20.6. The second-order valence-corrected chi connectivity index (χ2v) is 4.45. The van der Waals surface area contributed by atoms with Gasteiger partial charge in [0.05, 0.1) is 19.3 Å². The van der Waals surface area contributed by atoms with Gasteiger partial charge in [-0.2, -0.15) is 0 Å². The van der Waals surface area contributed by atoms with Gasteiger partial charge >= 0.3 is 0 Å². The van der Waals surface area contributed by atoms with E-state index >= 15 is 0 Å². The van der Waals surface area contributed by atoms with E-state index in [0.717, 1.165) is 32.6 Å². The van der Waals surface area contributed by atoms with Crippen LogP contribution in [0.5, 0.6) is 0 Å². The molecular weight excluding hydrogens is 214 g/mol. The van der Waals surface area contributed by atoms with Crippen LogP contribution in [0, 0.1) is 0 Å². The molecule has 0 bridgehead atoms. The summed E-state index contributed by atoms with van der Waals surface area (Å²) in [6.45, 7) is 4.79. The number of aliphatic hydroxyl groups excluding tert-OH is 1. The Hall–Kier alpha value is -1.06. The molecule has 0 spiro atoms. The molecule has 0 saturated carbocycles. The van der Waals surface area contributed by atoms with E-state index in [4.69, 9.17) is 9.84 Å². The van der Waals surface area contributed by atoms with E-state index in [9.17, 15) is 0 Å². The Morgan fingerprint density at radius 1 is 1.35 bits per heavy atom. The van der Waals surface area contributed by atoms with Gasteiger partial charge in [0, 0.05) is 18.8 Å². The van der Waals surface area contributed by atoms with Gasteiger partial charge in [0.25, 0.3) is 0 Å². The second-order valence-electron chi connectivity index (χ2n) is 4.45. The molecule has 17 heavy (non-hydrogen) atoms. The molecule has 3 nitrogen and oxygen atoms in total. The number of nitrogens with zero attached hydrogens (tertiary/aromatic N) is 1. The fourth-order valence-electron chi connectivity index (χ4n) is 2.31. The molecule has 1 saturated heterocycles. The van der Waals surface area contributed by atoms with Crippen molar-refractivity contribution in [1.82, 2.24) is 0 Å². The quantitative estimate of drug-likeness (QED) is 0.864. The number of aryl methyl sites for hydroxylation is 1. The maximum atomic E-state index is 9.08. The summed E-state index contributed by atoms with van der Waals surface area (Å²) in [4.78, 5) is 2.35. The number of aliphatic hydroxyl groups is 1. The van der Waals surface area contributed by atoms with Crippen molar-refractivity contribution in [3.05, 3.63) is 29.8 Å². The van der Waals surface area contributed by atoms with Crippen molar-refractivity contribution in [3.63, 3.8) is 0 Å². The van der Waals surface area contributed by atoms with Crippen LogP contribution in [-0.2, 0) is 11.2 Å². The highest BCUT2D eigenvalue weighted by Gasteiger charge is 2.22. The third-order valence-corrected chi connectivity index (χ3v) is 3.37. The summed E-state index contributed by atoms with van der Waals surface area (Å²) < 4.78 is 5.48. The van der Waals surface area contributed by atoms with E-state index in [1.54, 1.807) is 0 Å². The first kappa shape index (κ1) is 12.4. The van der Waals surface area contributed by atoms with Crippen LogP contribution in [0.25, 0.3) is 0 Å². The summed E-state index contributed by atoms with van der Waals surface area (Å²) in [6, 6.07) is 9.02. The van der Waals surface area contributed by atoms with E-state index in [-0.39, 0.29) is 6.61 Å². The number of hydrogen-bond acceptors (Lipinski definition) is 3. The fraction of sp³-hybridized carbons (Fsp3) is 0.571. The molecule has 1 aliphatic rings. The molecule has 0 aromatic heterocycles. The Bertz CT molecular complexity index is 335. The molecular formula is C14H21NO2. The molecule has 1 aromatic rings. The molecule has 94 valence electrons. The van der Waals surface area contributed by atoms with Crippen molar-refractivity contribution in [3.8, 4) is 0 Å². The van der Waals surface area contributed by atoms with Crippen LogP contribution in [-0.4, -0.2) is 37.5 Å². The van der Waals surface area contributed by atoms with E-state index in [2.05, 4.69) is 36.1 Å². The Labute approximate surface area is 103 Å². The van der Waals surface area contributed by atoms with Crippen LogP contribution >= 0.6 is 0 Å². The van der Waals surface area contributed by atoms with E-state index in [0.29, 0.717) is 6.04 Å². The van der Waals surface area contributed by atoms with Crippen molar-refractivity contribution in [2.24, 2.45) is 0 Å². The number of anilines is 1. The third-order valence-electron chi connectivity index (χ3n) is 3.37. The lowest BCUT2D eigenvalue weighted by Crippen LogP contribution is -2.46. The Morgan fingerprint density at radius 2 is 2.12 bits per heavy atom. The molecule has 1 fully saturated rings. The minimum Gasteiger partial charge on any atom is -0.396 e. The van der Waals surface area contributed by atoms with E-state index < -0.39 is 0 Å². The summed E-state index contributed by atoms with van der Waals surface area (Å²) in [5, 5.41) is 9.08. The summed E-state index contributed by atoms with van der Waals surface area (Å²) in [7, 11) is 0. The number of rotatable bonds is 4. The van der Waals surface area contributed by atoms with E-state index in [1.807, 2.05) is 0 Å². The largest absolute Gasteiger partial charge is 0.396 e.